The standard InChI is InChI=1S/C14H20N4S/c1-9-7-19-13-12(9)16-8-17-14(13)15-6-10(2)18(3)11-4-5-11/h7-8,10-11H,4-6H2,1-3H3,(H,15,16,17). The lowest BCUT2D eigenvalue weighted by atomic mass is 10.3. The molecule has 0 aliphatic heterocycles. The molecule has 19 heavy (non-hydrogen) atoms. The van der Waals surface area contributed by atoms with Crippen LogP contribution in [0.5, 0.6) is 0 Å². The largest absolute Gasteiger partial charge is 0.367 e. The number of aromatic nitrogens is 2. The molecule has 1 atom stereocenters. The van der Waals surface area contributed by atoms with Gasteiger partial charge in [-0.3, -0.25) is 4.90 Å². The van der Waals surface area contributed by atoms with Gasteiger partial charge >= 0.3 is 0 Å². The minimum atomic E-state index is 0.526. The molecule has 4 nitrogen and oxygen atoms in total. The first-order valence-electron chi connectivity index (χ1n) is 6.81. The van der Waals surface area contributed by atoms with Gasteiger partial charge < -0.3 is 5.32 Å². The van der Waals surface area contributed by atoms with Gasteiger partial charge in [-0.1, -0.05) is 0 Å². The first-order chi connectivity index (χ1) is 9.16. The molecular formula is C14H20N4S. The Labute approximate surface area is 117 Å². The van der Waals surface area contributed by atoms with Crippen molar-refractivity contribution in [2.24, 2.45) is 0 Å². The Kier molecular flexibility index (Phi) is 3.41. The molecule has 2 aromatic heterocycles. The van der Waals surface area contributed by atoms with Crippen molar-refractivity contribution in [1.29, 1.82) is 0 Å². The van der Waals surface area contributed by atoms with Gasteiger partial charge in [-0.05, 0) is 44.7 Å². The molecule has 0 aromatic carbocycles. The lowest BCUT2D eigenvalue weighted by molar-refractivity contribution is 0.257. The van der Waals surface area contributed by atoms with E-state index < -0.39 is 0 Å². The molecule has 0 amide bonds. The van der Waals surface area contributed by atoms with Crippen LogP contribution in [0.4, 0.5) is 5.82 Å². The predicted molar refractivity (Wildman–Crippen MR) is 80.9 cm³/mol. The van der Waals surface area contributed by atoms with Crippen molar-refractivity contribution in [1.82, 2.24) is 14.9 Å². The third-order valence-corrected chi connectivity index (χ3v) is 5.01. The first kappa shape index (κ1) is 12.8. The van der Waals surface area contributed by atoms with E-state index in [2.05, 4.69) is 46.5 Å². The van der Waals surface area contributed by atoms with Crippen LogP contribution in [0.25, 0.3) is 10.2 Å². The number of likely N-dealkylation sites (N-methyl/N-ethyl adjacent to an activating group) is 1. The van der Waals surface area contributed by atoms with Gasteiger partial charge in [0, 0.05) is 18.6 Å². The van der Waals surface area contributed by atoms with Crippen LogP contribution < -0.4 is 5.32 Å². The summed E-state index contributed by atoms with van der Waals surface area (Å²) in [5.41, 5.74) is 2.30. The molecule has 2 aromatic rings. The van der Waals surface area contributed by atoms with Gasteiger partial charge in [0.25, 0.3) is 0 Å². The van der Waals surface area contributed by atoms with Gasteiger partial charge in [-0.25, -0.2) is 9.97 Å². The maximum atomic E-state index is 4.38. The second-order valence-electron chi connectivity index (χ2n) is 5.45. The van der Waals surface area contributed by atoms with Gasteiger partial charge in [0.15, 0.2) is 0 Å². The maximum absolute atomic E-state index is 4.38. The van der Waals surface area contributed by atoms with E-state index in [9.17, 15) is 0 Å². The summed E-state index contributed by atoms with van der Waals surface area (Å²) in [6, 6.07) is 1.32. The number of aryl methyl sites for hydroxylation is 1. The topological polar surface area (TPSA) is 41.0 Å². The SMILES string of the molecule is Cc1csc2c(NCC(C)N(C)C3CC3)ncnc12. The van der Waals surface area contributed by atoms with Crippen molar-refractivity contribution >= 4 is 27.4 Å². The van der Waals surface area contributed by atoms with Crippen LogP contribution in [0.2, 0.25) is 0 Å². The van der Waals surface area contributed by atoms with Crippen molar-refractivity contribution in [3.63, 3.8) is 0 Å². The average Bonchev–Trinajstić information content (AvgIpc) is 3.20. The summed E-state index contributed by atoms with van der Waals surface area (Å²) in [6.45, 7) is 5.29. The highest BCUT2D eigenvalue weighted by Crippen LogP contribution is 2.29. The minimum absolute atomic E-state index is 0.526. The summed E-state index contributed by atoms with van der Waals surface area (Å²) in [4.78, 5) is 11.2. The first-order valence-corrected chi connectivity index (χ1v) is 7.69. The summed E-state index contributed by atoms with van der Waals surface area (Å²) in [5.74, 6) is 0.971. The quantitative estimate of drug-likeness (QED) is 0.911. The number of anilines is 1. The number of nitrogens with one attached hydrogen (secondary N) is 1. The van der Waals surface area contributed by atoms with Crippen molar-refractivity contribution < 1.29 is 0 Å². The molecule has 1 unspecified atom stereocenters. The van der Waals surface area contributed by atoms with E-state index >= 15 is 0 Å². The molecule has 5 heteroatoms. The average molecular weight is 276 g/mol. The van der Waals surface area contributed by atoms with Crippen LogP contribution >= 0.6 is 11.3 Å². The number of hydrogen-bond donors (Lipinski definition) is 1. The van der Waals surface area contributed by atoms with Gasteiger partial charge in [0.1, 0.15) is 12.1 Å². The summed E-state index contributed by atoms with van der Waals surface area (Å²) in [7, 11) is 2.22. The highest BCUT2D eigenvalue weighted by atomic mass is 32.1. The van der Waals surface area contributed by atoms with E-state index in [1.807, 2.05) is 0 Å². The summed E-state index contributed by atoms with van der Waals surface area (Å²) in [6.07, 6.45) is 4.35. The van der Waals surface area contributed by atoms with Crippen LogP contribution in [-0.2, 0) is 0 Å². The number of fused-ring (bicyclic) bond motifs is 1. The third-order valence-electron chi connectivity index (χ3n) is 3.91. The number of nitrogens with zero attached hydrogens (tertiary/aromatic N) is 3. The summed E-state index contributed by atoms with van der Waals surface area (Å²) >= 11 is 1.72. The molecule has 102 valence electrons. The zero-order valence-corrected chi connectivity index (χ0v) is 12.5. The van der Waals surface area contributed by atoms with E-state index in [0.29, 0.717) is 6.04 Å². The van der Waals surface area contributed by atoms with Gasteiger partial charge in [0.2, 0.25) is 0 Å². The Hall–Kier alpha value is -1.20. The zero-order chi connectivity index (χ0) is 13.4. The van der Waals surface area contributed by atoms with Crippen molar-refractivity contribution in [3.05, 3.63) is 17.3 Å². The predicted octanol–water partition coefficient (Wildman–Crippen LogP) is 2.89. The van der Waals surface area contributed by atoms with Crippen LogP contribution in [0.3, 0.4) is 0 Å². The highest BCUT2D eigenvalue weighted by molar-refractivity contribution is 7.18. The molecule has 1 aliphatic carbocycles. The fraction of sp³-hybridized carbons (Fsp3) is 0.571. The van der Waals surface area contributed by atoms with Crippen LogP contribution in [0.15, 0.2) is 11.7 Å². The van der Waals surface area contributed by atoms with E-state index in [1.165, 1.54) is 23.1 Å². The Bertz CT molecular complexity index is 576. The van der Waals surface area contributed by atoms with Crippen molar-refractivity contribution in [2.45, 2.75) is 38.8 Å². The minimum Gasteiger partial charge on any atom is -0.367 e. The molecule has 1 saturated carbocycles. The molecule has 1 N–H and O–H groups in total. The highest BCUT2D eigenvalue weighted by Gasteiger charge is 2.28. The van der Waals surface area contributed by atoms with E-state index in [0.717, 1.165) is 23.9 Å². The van der Waals surface area contributed by atoms with Crippen molar-refractivity contribution in [2.75, 3.05) is 18.9 Å². The second kappa shape index (κ2) is 5.06. The Balaban J connectivity index is 1.71. The van der Waals surface area contributed by atoms with Gasteiger partial charge in [-0.15, -0.1) is 11.3 Å². The molecule has 0 spiro atoms. The van der Waals surface area contributed by atoms with Crippen LogP contribution in [0, 0.1) is 6.92 Å². The Morgan fingerprint density at radius 1 is 1.47 bits per heavy atom. The molecule has 2 heterocycles. The molecule has 3 rings (SSSR count). The maximum Gasteiger partial charge on any atom is 0.147 e. The van der Waals surface area contributed by atoms with Crippen LogP contribution in [-0.4, -0.2) is 40.5 Å². The normalized spacial score (nSPS) is 17.1. The third kappa shape index (κ3) is 2.58. The molecular weight excluding hydrogens is 256 g/mol. The number of rotatable bonds is 5. The lowest BCUT2D eigenvalue weighted by Crippen LogP contribution is -2.36. The van der Waals surface area contributed by atoms with E-state index in [4.69, 9.17) is 0 Å². The molecule has 1 aliphatic rings. The summed E-state index contributed by atoms with van der Waals surface area (Å²) in [5, 5.41) is 5.63. The fourth-order valence-corrected chi connectivity index (χ4v) is 3.29. The summed E-state index contributed by atoms with van der Waals surface area (Å²) < 4.78 is 1.17. The van der Waals surface area contributed by atoms with Gasteiger partial charge in [-0.2, -0.15) is 0 Å². The van der Waals surface area contributed by atoms with Crippen molar-refractivity contribution in [3.8, 4) is 0 Å². The monoisotopic (exact) mass is 276 g/mol. The second-order valence-corrected chi connectivity index (χ2v) is 6.32. The molecule has 0 radical (unpaired) electrons. The number of hydrogen-bond acceptors (Lipinski definition) is 5. The molecule has 1 fully saturated rings. The molecule has 0 bridgehead atoms. The van der Waals surface area contributed by atoms with Crippen LogP contribution in [0.1, 0.15) is 25.3 Å². The smallest absolute Gasteiger partial charge is 0.147 e. The van der Waals surface area contributed by atoms with Gasteiger partial charge in [0.05, 0.1) is 10.2 Å². The molecule has 0 saturated heterocycles. The zero-order valence-electron chi connectivity index (χ0n) is 11.7. The fourth-order valence-electron chi connectivity index (χ4n) is 2.33. The Morgan fingerprint density at radius 3 is 3.00 bits per heavy atom. The Morgan fingerprint density at radius 2 is 2.26 bits per heavy atom. The van der Waals surface area contributed by atoms with E-state index in [1.54, 1.807) is 17.7 Å². The van der Waals surface area contributed by atoms with E-state index in [-0.39, 0.29) is 0 Å². The lowest BCUT2D eigenvalue weighted by Gasteiger charge is -2.24. The number of thiophene rings is 1.